The molecule has 0 amide bonds. The third-order valence-corrected chi connectivity index (χ3v) is 6.03. The molecule has 1 heterocycles. The number of nitrogens with zero attached hydrogens (tertiary/aromatic N) is 1. The fourth-order valence-corrected chi connectivity index (χ4v) is 4.57. The Morgan fingerprint density at radius 1 is 1.26 bits per heavy atom. The summed E-state index contributed by atoms with van der Waals surface area (Å²) >= 11 is 0. The van der Waals surface area contributed by atoms with Crippen LogP contribution in [0.3, 0.4) is 0 Å². The zero-order chi connectivity index (χ0) is 14.0. The molecule has 0 radical (unpaired) electrons. The molecule has 1 saturated heterocycles. The Morgan fingerprint density at radius 2 is 1.89 bits per heavy atom. The molecule has 1 aliphatic heterocycles. The quantitative estimate of drug-likeness (QED) is 0.857. The third kappa shape index (κ3) is 3.02. The maximum atomic E-state index is 12.3. The highest BCUT2D eigenvalue weighted by atomic mass is 32.2. The van der Waals surface area contributed by atoms with Crippen molar-refractivity contribution in [3.63, 3.8) is 0 Å². The average molecular weight is 303 g/mol. The van der Waals surface area contributed by atoms with Crippen LogP contribution in [0.4, 0.5) is 0 Å². The predicted molar refractivity (Wildman–Crippen MR) is 70.0 cm³/mol. The van der Waals surface area contributed by atoms with Crippen LogP contribution < -0.4 is 0 Å². The maximum absolute atomic E-state index is 12.3. The van der Waals surface area contributed by atoms with E-state index in [0.29, 0.717) is 11.5 Å². The topological polar surface area (TPSA) is 91.8 Å². The van der Waals surface area contributed by atoms with E-state index in [1.807, 2.05) is 0 Å². The highest BCUT2D eigenvalue weighted by Gasteiger charge is 2.28. The van der Waals surface area contributed by atoms with E-state index in [-0.39, 0.29) is 23.5 Å². The van der Waals surface area contributed by atoms with Crippen molar-refractivity contribution in [1.82, 2.24) is 4.31 Å². The summed E-state index contributed by atoms with van der Waals surface area (Å²) in [5.74, 6) is -0.535. The van der Waals surface area contributed by atoms with Crippen LogP contribution in [0.5, 0.6) is 0 Å². The van der Waals surface area contributed by atoms with Gasteiger partial charge in [-0.15, -0.1) is 0 Å². The van der Waals surface area contributed by atoms with Crippen molar-refractivity contribution in [2.45, 2.75) is 4.90 Å². The first kappa shape index (κ1) is 14.2. The van der Waals surface area contributed by atoms with Crippen molar-refractivity contribution >= 4 is 26.8 Å². The molecule has 104 valence electrons. The molecule has 1 aliphatic rings. The lowest BCUT2D eigenvalue weighted by Gasteiger charge is -2.25. The van der Waals surface area contributed by atoms with Crippen molar-refractivity contribution < 1.29 is 22.5 Å². The standard InChI is InChI=1S/C11H13NO5S2/c13-11(14)9-2-1-3-10(8-9)19(16,17)12-4-6-18(15)7-5-12/h1-3,8H,4-7H2,(H,13,14). The minimum atomic E-state index is -3.71. The van der Waals surface area contributed by atoms with Gasteiger partial charge in [0.25, 0.3) is 0 Å². The van der Waals surface area contributed by atoms with E-state index in [0.717, 1.165) is 6.07 Å². The van der Waals surface area contributed by atoms with Gasteiger partial charge in [0.05, 0.1) is 10.5 Å². The third-order valence-electron chi connectivity index (χ3n) is 2.86. The fraction of sp³-hybridized carbons (Fsp3) is 0.364. The normalized spacial score (nSPS) is 18.3. The zero-order valence-electron chi connectivity index (χ0n) is 9.98. The highest BCUT2D eigenvalue weighted by Crippen LogP contribution is 2.18. The molecule has 0 atom stereocenters. The van der Waals surface area contributed by atoms with Crippen LogP contribution in [0.25, 0.3) is 0 Å². The van der Waals surface area contributed by atoms with Gasteiger partial charge in [0.15, 0.2) is 0 Å². The molecule has 0 spiro atoms. The monoisotopic (exact) mass is 303 g/mol. The molecule has 0 bridgehead atoms. The highest BCUT2D eigenvalue weighted by molar-refractivity contribution is 7.89. The molecule has 1 N–H and O–H groups in total. The summed E-state index contributed by atoms with van der Waals surface area (Å²) in [6.45, 7) is 0.401. The van der Waals surface area contributed by atoms with Crippen molar-refractivity contribution in [2.75, 3.05) is 24.6 Å². The number of carboxylic acids is 1. The van der Waals surface area contributed by atoms with Crippen LogP contribution in [0.15, 0.2) is 29.2 Å². The molecule has 0 aliphatic carbocycles. The fourth-order valence-electron chi connectivity index (χ4n) is 1.80. The van der Waals surface area contributed by atoms with Gasteiger partial charge in [0, 0.05) is 35.4 Å². The summed E-state index contributed by atoms with van der Waals surface area (Å²) in [4.78, 5) is 10.8. The lowest BCUT2D eigenvalue weighted by Crippen LogP contribution is -2.41. The van der Waals surface area contributed by atoms with Gasteiger partial charge < -0.3 is 5.11 Å². The molecule has 0 aromatic heterocycles. The lowest BCUT2D eigenvalue weighted by atomic mass is 10.2. The maximum Gasteiger partial charge on any atom is 0.335 e. The number of benzene rings is 1. The summed E-state index contributed by atoms with van der Waals surface area (Å²) < 4.78 is 37.1. The van der Waals surface area contributed by atoms with E-state index < -0.39 is 26.8 Å². The minimum Gasteiger partial charge on any atom is -0.478 e. The van der Waals surface area contributed by atoms with Crippen molar-refractivity contribution in [2.24, 2.45) is 0 Å². The van der Waals surface area contributed by atoms with Gasteiger partial charge in [-0.1, -0.05) is 6.07 Å². The molecule has 2 rings (SSSR count). The minimum absolute atomic E-state index is 0.0416. The van der Waals surface area contributed by atoms with E-state index in [1.54, 1.807) is 0 Å². The molecule has 1 aromatic carbocycles. The molecule has 8 heteroatoms. The van der Waals surface area contributed by atoms with Gasteiger partial charge >= 0.3 is 5.97 Å². The Kier molecular flexibility index (Phi) is 4.02. The van der Waals surface area contributed by atoms with Crippen LogP contribution in [0, 0.1) is 0 Å². The Hall–Kier alpha value is -1.25. The predicted octanol–water partition coefficient (Wildman–Crippen LogP) is 0.138. The number of hydrogen-bond acceptors (Lipinski definition) is 4. The first-order valence-corrected chi connectivity index (χ1v) is 8.52. The smallest absolute Gasteiger partial charge is 0.335 e. The number of sulfonamides is 1. The van der Waals surface area contributed by atoms with E-state index in [9.17, 15) is 17.4 Å². The van der Waals surface area contributed by atoms with Crippen molar-refractivity contribution in [3.05, 3.63) is 29.8 Å². The summed E-state index contributed by atoms with van der Waals surface area (Å²) in [7, 11) is -4.67. The van der Waals surface area contributed by atoms with Crippen molar-refractivity contribution in [1.29, 1.82) is 0 Å². The molecule has 1 aromatic rings. The molecule has 0 saturated carbocycles. The number of rotatable bonds is 3. The molecule has 1 fully saturated rings. The van der Waals surface area contributed by atoms with Gasteiger partial charge in [-0.25, -0.2) is 13.2 Å². The summed E-state index contributed by atoms with van der Waals surface area (Å²) in [6, 6.07) is 5.25. The van der Waals surface area contributed by atoms with E-state index in [1.165, 1.54) is 22.5 Å². The molecular weight excluding hydrogens is 290 g/mol. The van der Waals surface area contributed by atoms with Crippen LogP contribution in [0.1, 0.15) is 10.4 Å². The second kappa shape index (κ2) is 5.40. The summed E-state index contributed by atoms with van der Waals surface area (Å²) in [6.07, 6.45) is 0. The van der Waals surface area contributed by atoms with Crippen LogP contribution in [-0.2, 0) is 20.8 Å². The SMILES string of the molecule is O=C(O)c1cccc(S(=O)(=O)N2CCS(=O)CC2)c1. The van der Waals surface area contributed by atoms with Gasteiger partial charge in [0.2, 0.25) is 10.0 Å². The number of hydrogen-bond donors (Lipinski definition) is 1. The largest absolute Gasteiger partial charge is 0.478 e. The number of aromatic carboxylic acids is 1. The van der Waals surface area contributed by atoms with Crippen LogP contribution >= 0.6 is 0 Å². The van der Waals surface area contributed by atoms with Gasteiger partial charge in [-0.3, -0.25) is 4.21 Å². The number of carboxylic acid groups (broad SMARTS) is 1. The molecule has 6 nitrogen and oxygen atoms in total. The number of carbonyl (C=O) groups is 1. The second-order valence-corrected chi connectivity index (χ2v) is 7.72. The van der Waals surface area contributed by atoms with E-state index >= 15 is 0 Å². The Balaban J connectivity index is 2.31. The first-order chi connectivity index (χ1) is 8.91. The summed E-state index contributed by atoms with van der Waals surface area (Å²) in [5.41, 5.74) is -0.0679. The Labute approximate surface area is 113 Å². The van der Waals surface area contributed by atoms with Gasteiger partial charge in [-0.05, 0) is 18.2 Å². The lowest BCUT2D eigenvalue weighted by molar-refractivity contribution is 0.0696. The van der Waals surface area contributed by atoms with E-state index in [4.69, 9.17) is 5.11 Å². The summed E-state index contributed by atoms with van der Waals surface area (Å²) in [5, 5.41) is 8.87. The Bertz CT molecular complexity index is 616. The van der Waals surface area contributed by atoms with Crippen molar-refractivity contribution in [3.8, 4) is 0 Å². The first-order valence-electron chi connectivity index (χ1n) is 5.60. The average Bonchev–Trinajstić information content (AvgIpc) is 2.39. The van der Waals surface area contributed by atoms with Crippen LogP contribution in [-0.4, -0.2) is 52.6 Å². The van der Waals surface area contributed by atoms with E-state index in [2.05, 4.69) is 0 Å². The zero-order valence-corrected chi connectivity index (χ0v) is 11.6. The molecule has 0 unspecified atom stereocenters. The Morgan fingerprint density at radius 3 is 2.47 bits per heavy atom. The molecule has 19 heavy (non-hydrogen) atoms. The van der Waals surface area contributed by atoms with Gasteiger partial charge in [-0.2, -0.15) is 4.31 Å². The second-order valence-electron chi connectivity index (χ2n) is 4.09. The van der Waals surface area contributed by atoms with Gasteiger partial charge in [0.1, 0.15) is 0 Å². The van der Waals surface area contributed by atoms with Crippen LogP contribution in [0.2, 0.25) is 0 Å². The molecular formula is C11H13NO5S2.